The van der Waals surface area contributed by atoms with E-state index in [1.165, 1.54) is 6.07 Å². The van der Waals surface area contributed by atoms with Crippen LogP contribution in [0.4, 0.5) is 4.39 Å². The predicted octanol–water partition coefficient (Wildman–Crippen LogP) is 4.12. The first-order chi connectivity index (χ1) is 10.1. The van der Waals surface area contributed by atoms with Crippen molar-refractivity contribution in [2.75, 3.05) is 7.05 Å². The van der Waals surface area contributed by atoms with Crippen molar-refractivity contribution in [2.45, 2.75) is 32.4 Å². The number of halogens is 1. The summed E-state index contributed by atoms with van der Waals surface area (Å²) >= 11 is 0. The molecule has 1 atom stereocenters. The van der Waals surface area contributed by atoms with Crippen LogP contribution >= 0.6 is 0 Å². The molecule has 0 saturated heterocycles. The van der Waals surface area contributed by atoms with Gasteiger partial charge in [0.25, 0.3) is 0 Å². The molecule has 0 amide bonds. The molecule has 0 aromatic heterocycles. The van der Waals surface area contributed by atoms with E-state index in [0.717, 1.165) is 23.3 Å². The average Bonchev–Trinajstić information content (AvgIpc) is 2.44. The minimum absolute atomic E-state index is 0.127. The summed E-state index contributed by atoms with van der Waals surface area (Å²) in [4.78, 5) is 0. The SMILES string of the molecule is CNC(Cc1cccc(F)c1)c1cccc(OC(C)C)c1. The highest BCUT2D eigenvalue weighted by Crippen LogP contribution is 2.23. The van der Waals surface area contributed by atoms with E-state index in [0.29, 0.717) is 0 Å². The molecule has 0 aliphatic carbocycles. The zero-order valence-corrected chi connectivity index (χ0v) is 12.8. The zero-order chi connectivity index (χ0) is 15.2. The van der Waals surface area contributed by atoms with Gasteiger partial charge in [0.1, 0.15) is 11.6 Å². The zero-order valence-electron chi connectivity index (χ0n) is 12.8. The molecule has 0 aliphatic heterocycles. The second-order valence-corrected chi connectivity index (χ2v) is 5.41. The maximum absolute atomic E-state index is 13.3. The van der Waals surface area contributed by atoms with Crippen LogP contribution in [0, 0.1) is 5.82 Å². The van der Waals surface area contributed by atoms with Crippen molar-refractivity contribution in [3.63, 3.8) is 0 Å². The number of ether oxygens (including phenoxy) is 1. The predicted molar refractivity (Wildman–Crippen MR) is 84.1 cm³/mol. The van der Waals surface area contributed by atoms with Crippen molar-refractivity contribution in [1.29, 1.82) is 0 Å². The molecule has 112 valence electrons. The number of nitrogens with one attached hydrogen (secondary N) is 1. The smallest absolute Gasteiger partial charge is 0.123 e. The van der Waals surface area contributed by atoms with Crippen LogP contribution in [0.5, 0.6) is 5.75 Å². The molecular weight excluding hydrogens is 265 g/mol. The Labute approximate surface area is 126 Å². The maximum atomic E-state index is 13.3. The summed E-state index contributed by atoms with van der Waals surface area (Å²) < 4.78 is 19.0. The first-order valence-electron chi connectivity index (χ1n) is 7.27. The van der Waals surface area contributed by atoms with Gasteiger partial charge in [-0.15, -0.1) is 0 Å². The van der Waals surface area contributed by atoms with Crippen LogP contribution in [0.1, 0.15) is 31.0 Å². The van der Waals surface area contributed by atoms with Crippen molar-refractivity contribution in [3.05, 3.63) is 65.5 Å². The van der Waals surface area contributed by atoms with Gasteiger partial charge in [-0.1, -0.05) is 24.3 Å². The van der Waals surface area contributed by atoms with Gasteiger partial charge in [-0.05, 0) is 62.7 Å². The third kappa shape index (κ3) is 4.57. The third-order valence-electron chi connectivity index (χ3n) is 3.31. The lowest BCUT2D eigenvalue weighted by Gasteiger charge is -2.18. The Bertz CT molecular complexity index is 583. The third-order valence-corrected chi connectivity index (χ3v) is 3.31. The van der Waals surface area contributed by atoms with Crippen LogP contribution in [-0.2, 0) is 6.42 Å². The van der Waals surface area contributed by atoms with Crippen molar-refractivity contribution < 1.29 is 9.13 Å². The van der Waals surface area contributed by atoms with E-state index in [1.54, 1.807) is 12.1 Å². The number of likely N-dealkylation sites (N-methyl/N-ethyl adjacent to an activating group) is 1. The van der Waals surface area contributed by atoms with E-state index in [4.69, 9.17) is 4.74 Å². The molecule has 2 nitrogen and oxygen atoms in total. The van der Waals surface area contributed by atoms with E-state index >= 15 is 0 Å². The van der Waals surface area contributed by atoms with E-state index < -0.39 is 0 Å². The molecule has 2 rings (SSSR count). The number of rotatable bonds is 6. The Morgan fingerprint density at radius 3 is 2.52 bits per heavy atom. The van der Waals surface area contributed by atoms with Crippen molar-refractivity contribution in [1.82, 2.24) is 5.32 Å². The number of hydrogen-bond acceptors (Lipinski definition) is 2. The molecule has 0 spiro atoms. The minimum atomic E-state index is -0.195. The topological polar surface area (TPSA) is 21.3 Å². The fourth-order valence-corrected chi connectivity index (χ4v) is 2.36. The minimum Gasteiger partial charge on any atom is -0.491 e. The van der Waals surface area contributed by atoms with Gasteiger partial charge < -0.3 is 10.1 Å². The molecule has 1 N–H and O–H groups in total. The van der Waals surface area contributed by atoms with Crippen LogP contribution in [0.25, 0.3) is 0 Å². The van der Waals surface area contributed by atoms with Crippen LogP contribution < -0.4 is 10.1 Å². The monoisotopic (exact) mass is 287 g/mol. The van der Waals surface area contributed by atoms with Gasteiger partial charge in [0.05, 0.1) is 6.10 Å². The van der Waals surface area contributed by atoms with Gasteiger partial charge in [0, 0.05) is 6.04 Å². The van der Waals surface area contributed by atoms with Crippen molar-refractivity contribution in [3.8, 4) is 5.75 Å². The summed E-state index contributed by atoms with van der Waals surface area (Å²) in [6, 6.07) is 14.9. The summed E-state index contributed by atoms with van der Waals surface area (Å²) in [5.74, 6) is 0.668. The molecule has 0 bridgehead atoms. The summed E-state index contributed by atoms with van der Waals surface area (Å²) in [6.45, 7) is 4.02. The molecule has 0 heterocycles. The maximum Gasteiger partial charge on any atom is 0.123 e. The second-order valence-electron chi connectivity index (χ2n) is 5.41. The molecule has 2 aromatic rings. The van der Waals surface area contributed by atoms with Crippen molar-refractivity contribution in [2.24, 2.45) is 0 Å². The Kier molecular flexibility index (Phi) is 5.34. The normalized spacial score (nSPS) is 12.4. The molecule has 2 aromatic carbocycles. The van der Waals surface area contributed by atoms with Crippen LogP contribution in [-0.4, -0.2) is 13.2 Å². The standard InChI is InChI=1S/C18H22FNO/c1-13(2)21-17-9-5-7-15(12-17)18(20-3)11-14-6-4-8-16(19)10-14/h4-10,12-13,18,20H,11H2,1-3H3. The second kappa shape index (κ2) is 7.23. The molecule has 21 heavy (non-hydrogen) atoms. The lowest BCUT2D eigenvalue weighted by Crippen LogP contribution is -2.19. The fourth-order valence-electron chi connectivity index (χ4n) is 2.36. The molecule has 0 aliphatic rings. The molecule has 1 unspecified atom stereocenters. The van der Waals surface area contributed by atoms with Crippen molar-refractivity contribution >= 4 is 0 Å². The Morgan fingerprint density at radius 2 is 1.86 bits per heavy atom. The van der Waals surface area contributed by atoms with E-state index in [-0.39, 0.29) is 18.0 Å². The Hall–Kier alpha value is -1.87. The highest BCUT2D eigenvalue weighted by molar-refractivity contribution is 5.32. The van der Waals surface area contributed by atoms with E-state index in [2.05, 4.69) is 11.4 Å². The molecule has 0 saturated carbocycles. The fraction of sp³-hybridized carbons (Fsp3) is 0.333. The van der Waals surface area contributed by atoms with Gasteiger partial charge in [0.15, 0.2) is 0 Å². The average molecular weight is 287 g/mol. The highest BCUT2D eigenvalue weighted by atomic mass is 19.1. The van der Waals surface area contributed by atoms with Crippen LogP contribution in [0.15, 0.2) is 48.5 Å². The first kappa shape index (κ1) is 15.5. The summed E-state index contributed by atoms with van der Waals surface area (Å²) in [6.07, 6.45) is 0.885. The van der Waals surface area contributed by atoms with Gasteiger partial charge >= 0.3 is 0 Å². The van der Waals surface area contributed by atoms with E-state index in [1.807, 2.05) is 45.2 Å². The lowest BCUT2D eigenvalue weighted by molar-refractivity contribution is 0.242. The quantitative estimate of drug-likeness (QED) is 0.863. The summed E-state index contributed by atoms with van der Waals surface area (Å²) in [5.41, 5.74) is 2.12. The molecular formula is C18H22FNO. The van der Waals surface area contributed by atoms with Gasteiger partial charge in [-0.3, -0.25) is 0 Å². The van der Waals surface area contributed by atoms with Gasteiger partial charge in [0.2, 0.25) is 0 Å². The largest absolute Gasteiger partial charge is 0.491 e. The Balaban J connectivity index is 2.17. The van der Waals surface area contributed by atoms with Crippen LogP contribution in [0.3, 0.4) is 0 Å². The first-order valence-corrected chi connectivity index (χ1v) is 7.27. The van der Waals surface area contributed by atoms with Gasteiger partial charge in [-0.25, -0.2) is 4.39 Å². The Morgan fingerprint density at radius 1 is 1.10 bits per heavy atom. The molecule has 0 radical (unpaired) electrons. The highest BCUT2D eigenvalue weighted by Gasteiger charge is 2.12. The molecule has 0 fully saturated rings. The van der Waals surface area contributed by atoms with Gasteiger partial charge in [-0.2, -0.15) is 0 Å². The summed E-state index contributed by atoms with van der Waals surface area (Å²) in [5, 5.41) is 3.29. The number of benzene rings is 2. The van der Waals surface area contributed by atoms with E-state index in [9.17, 15) is 4.39 Å². The summed E-state index contributed by atoms with van der Waals surface area (Å²) in [7, 11) is 1.92. The number of hydrogen-bond donors (Lipinski definition) is 1. The van der Waals surface area contributed by atoms with Crippen LogP contribution in [0.2, 0.25) is 0 Å². The molecule has 3 heteroatoms. The lowest BCUT2D eigenvalue weighted by atomic mass is 9.99.